The fourth-order valence-corrected chi connectivity index (χ4v) is 4.74. The summed E-state index contributed by atoms with van der Waals surface area (Å²) in [4.78, 5) is 33.8. The minimum atomic E-state index is 0.0867. The average molecular weight is 381 g/mol. The van der Waals surface area contributed by atoms with Gasteiger partial charge in [0.25, 0.3) is 0 Å². The highest BCUT2D eigenvalue weighted by Gasteiger charge is 2.42. The van der Waals surface area contributed by atoms with E-state index in [1.165, 1.54) is 0 Å². The van der Waals surface area contributed by atoms with Gasteiger partial charge in [-0.1, -0.05) is 0 Å². The maximum Gasteiger partial charge on any atom is 0.223 e. The number of hydrogen-bond acceptors (Lipinski definition) is 5. The molecule has 3 aliphatic heterocycles. The third-order valence-corrected chi connectivity index (χ3v) is 6.57. The zero-order chi connectivity index (χ0) is 19.3. The van der Waals surface area contributed by atoms with E-state index in [9.17, 15) is 9.59 Å². The highest BCUT2D eigenvalue weighted by atomic mass is 16.5. The molecular formula is C20H36N4O3. The van der Waals surface area contributed by atoms with Crippen molar-refractivity contribution < 1.29 is 14.3 Å². The van der Waals surface area contributed by atoms with Crippen LogP contribution in [0, 0.1) is 5.41 Å². The van der Waals surface area contributed by atoms with Crippen molar-refractivity contribution >= 4 is 11.8 Å². The SMILES string of the molecule is COCCN1C[C@@]2(CCCN(C(=O)CCN3CCN(C)CC3)C2)CCC1=O. The van der Waals surface area contributed by atoms with Gasteiger partial charge >= 0.3 is 0 Å². The first kappa shape index (κ1) is 20.6. The monoisotopic (exact) mass is 380 g/mol. The van der Waals surface area contributed by atoms with Gasteiger partial charge in [0.15, 0.2) is 0 Å². The molecule has 0 unspecified atom stereocenters. The van der Waals surface area contributed by atoms with Crippen LogP contribution in [-0.4, -0.2) is 111 Å². The van der Waals surface area contributed by atoms with Crippen molar-refractivity contribution in [2.24, 2.45) is 5.41 Å². The predicted octanol–water partition coefficient (Wildman–Crippen LogP) is 0.502. The lowest BCUT2D eigenvalue weighted by atomic mass is 9.73. The Hall–Kier alpha value is -1.18. The number of piperazine rings is 1. The topological polar surface area (TPSA) is 56.3 Å². The normalized spacial score (nSPS) is 28.1. The Labute approximate surface area is 163 Å². The average Bonchev–Trinajstić information content (AvgIpc) is 2.68. The van der Waals surface area contributed by atoms with Crippen LogP contribution < -0.4 is 0 Å². The molecule has 1 spiro atoms. The minimum Gasteiger partial charge on any atom is -0.383 e. The molecule has 154 valence electrons. The molecule has 0 aromatic rings. The summed E-state index contributed by atoms with van der Waals surface area (Å²) in [7, 11) is 3.83. The summed E-state index contributed by atoms with van der Waals surface area (Å²) in [5, 5.41) is 0. The molecule has 7 heteroatoms. The molecule has 0 bridgehead atoms. The van der Waals surface area contributed by atoms with Gasteiger partial charge in [0, 0.05) is 84.3 Å². The number of nitrogens with zero attached hydrogens (tertiary/aromatic N) is 4. The second kappa shape index (κ2) is 9.34. The number of ether oxygens (including phenoxy) is 1. The van der Waals surface area contributed by atoms with Crippen LogP contribution in [0.2, 0.25) is 0 Å². The number of likely N-dealkylation sites (N-methyl/N-ethyl adjacent to an activating group) is 1. The summed E-state index contributed by atoms with van der Waals surface area (Å²) >= 11 is 0. The van der Waals surface area contributed by atoms with Gasteiger partial charge in [-0.05, 0) is 26.3 Å². The smallest absolute Gasteiger partial charge is 0.223 e. The summed E-state index contributed by atoms with van der Waals surface area (Å²) in [5.74, 6) is 0.518. The second-order valence-corrected chi connectivity index (χ2v) is 8.62. The maximum atomic E-state index is 12.8. The van der Waals surface area contributed by atoms with E-state index in [0.29, 0.717) is 26.0 Å². The zero-order valence-electron chi connectivity index (χ0n) is 17.1. The first-order valence-corrected chi connectivity index (χ1v) is 10.5. The van der Waals surface area contributed by atoms with Crippen LogP contribution in [0.4, 0.5) is 0 Å². The van der Waals surface area contributed by atoms with Crippen LogP contribution in [0.25, 0.3) is 0 Å². The van der Waals surface area contributed by atoms with Gasteiger partial charge in [0.2, 0.25) is 11.8 Å². The first-order valence-electron chi connectivity index (χ1n) is 10.5. The van der Waals surface area contributed by atoms with Crippen LogP contribution in [-0.2, 0) is 14.3 Å². The van der Waals surface area contributed by atoms with E-state index >= 15 is 0 Å². The largest absolute Gasteiger partial charge is 0.383 e. The van der Waals surface area contributed by atoms with E-state index in [1.807, 2.05) is 4.90 Å². The molecule has 3 fully saturated rings. The van der Waals surface area contributed by atoms with Gasteiger partial charge in [-0.25, -0.2) is 0 Å². The van der Waals surface area contributed by atoms with E-state index < -0.39 is 0 Å². The van der Waals surface area contributed by atoms with Gasteiger partial charge in [-0.15, -0.1) is 0 Å². The van der Waals surface area contributed by atoms with Crippen molar-refractivity contribution in [1.82, 2.24) is 19.6 Å². The molecule has 2 amide bonds. The van der Waals surface area contributed by atoms with Crippen molar-refractivity contribution in [1.29, 1.82) is 0 Å². The Morgan fingerprint density at radius 1 is 1.07 bits per heavy atom. The summed E-state index contributed by atoms with van der Waals surface area (Å²) in [6.45, 7) is 8.87. The van der Waals surface area contributed by atoms with Gasteiger partial charge in [-0.3, -0.25) is 9.59 Å². The highest BCUT2D eigenvalue weighted by Crippen LogP contribution is 2.39. The van der Waals surface area contributed by atoms with Gasteiger partial charge in [0.05, 0.1) is 6.61 Å². The van der Waals surface area contributed by atoms with E-state index in [1.54, 1.807) is 7.11 Å². The number of carbonyl (C=O) groups excluding carboxylic acids is 2. The summed E-state index contributed by atoms with van der Waals surface area (Å²) in [6, 6.07) is 0. The standard InChI is InChI=1S/C20H36N4O3/c1-21-10-12-22(13-11-21)9-5-19(26)23-8-3-6-20(16-23)7-4-18(25)24(17-20)14-15-27-2/h3-17H2,1-2H3/t20-/m0/s1. The van der Waals surface area contributed by atoms with Crippen LogP contribution in [0.15, 0.2) is 0 Å². The number of carbonyl (C=O) groups is 2. The van der Waals surface area contributed by atoms with E-state index in [0.717, 1.165) is 71.6 Å². The Balaban J connectivity index is 1.50. The lowest BCUT2D eigenvalue weighted by Crippen LogP contribution is -2.55. The molecule has 0 N–H and O–H groups in total. The van der Waals surface area contributed by atoms with Crippen molar-refractivity contribution in [2.75, 3.05) is 79.7 Å². The lowest BCUT2D eigenvalue weighted by molar-refractivity contribution is -0.143. The number of methoxy groups -OCH3 is 1. The van der Waals surface area contributed by atoms with Crippen molar-refractivity contribution in [3.8, 4) is 0 Å². The van der Waals surface area contributed by atoms with Crippen molar-refractivity contribution in [2.45, 2.75) is 32.1 Å². The number of hydrogen-bond donors (Lipinski definition) is 0. The van der Waals surface area contributed by atoms with Gasteiger partial charge < -0.3 is 24.3 Å². The summed E-state index contributed by atoms with van der Waals surface area (Å²) in [6.07, 6.45) is 4.30. The maximum absolute atomic E-state index is 12.8. The quantitative estimate of drug-likeness (QED) is 0.672. The number of rotatable bonds is 6. The molecule has 0 aromatic carbocycles. The van der Waals surface area contributed by atoms with Crippen molar-refractivity contribution in [3.63, 3.8) is 0 Å². The Morgan fingerprint density at radius 2 is 1.85 bits per heavy atom. The zero-order valence-corrected chi connectivity index (χ0v) is 17.1. The molecule has 0 aromatic heterocycles. The molecular weight excluding hydrogens is 344 g/mol. The van der Waals surface area contributed by atoms with Crippen LogP contribution in [0.5, 0.6) is 0 Å². The van der Waals surface area contributed by atoms with Crippen LogP contribution >= 0.6 is 0 Å². The molecule has 7 nitrogen and oxygen atoms in total. The van der Waals surface area contributed by atoms with E-state index in [2.05, 4.69) is 21.7 Å². The molecule has 3 heterocycles. The second-order valence-electron chi connectivity index (χ2n) is 8.62. The fraction of sp³-hybridized carbons (Fsp3) is 0.900. The lowest BCUT2D eigenvalue weighted by Gasteiger charge is -2.48. The number of likely N-dealkylation sites (tertiary alicyclic amines) is 2. The van der Waals surface area contributed by atoms with E-state index in [4.69, 9.17) is 4.74 Å². The Bertz CT molecular complexity index is 521. The van der Waals surface area contributed by atoms with Gasteiger partial charge in [-0.2, -0.15) is 0 Å². The molecule has 0 saturated carbocycles. The summed E-state index contributed by atoms with van der Waals surface area (Å²) < 4.78 is 5.16. The van der Waals surface area contributed by atoms with Crippen LogP contribution in [0.1, 0.15) is 32.1 Å². The molecule has 0 radical (unpaired) electrons. The van der Waals surface area contributed by atoms with Crippen LogP contribution in [0.3, 0.4) is 0 Å². The molecule has 27 heavy (non-hydrogen) atoms. The third kappa shape index (κ3) is 5.42. The molecule has 0 aliphatic carbocycles. The third-order valence-electron chi connectivity index (χ3n) is 6.57. The first-order chi connectivity index (χ1) is 13.0. The minimum absolute atomic E-state index is 0.0867. The Morgan fingerprint density at radius 3 is 2.59 bits per heavy atom. The molecule has 3 saturated heterocycles. The molecule has 3 rings (SSSR count). The Kier molecular flexibility index (Phi) is 7.11. The van der Waals surface area contributed by atoms with E-state index in [-0.39, 0.29) is 17.2 Å². The fourth-order valence-electron chi connectivity index (χ4n) is 4.74. The highest BCUT2D eigenvalue weighted by molar-refractivity contribution is 5.78. The summed E-state index contributed by atoms with van der Waals surface area (Å²) in [5.41, 5.74) is 0.0867. The molecule has 1 atom stereocenters. The molecule has 3 aliphatic rings. The van der Waals surface area contributed by atoms with Crippen molar-refractivity contribution in [3.05, 3.63) is 0 Å². The predicted molar refractivity (Wildman–Crippen MR) is 104 cm³/mol. The van der Waals surface area contributed by atoms with Gasteiger partial charge in [0.1, 0.15) is 0 Å². The number of piperidine rings is 2. The number of amides is 2.